The number of likely N-dealkylation sites (tertiary alicyclic amines) is 1. The SMILES string of the molecule is O=C(c1ccccc1)N1CCCn2nnc(CN3CCCCC3)c2C1. The van der Waals surface area contributed by atoms with E-state index in [-0.39, 0.29) is 5.91 Å². The quantitative estimate of drug-likeness (QED) is 0.861. The summed E-state index contributed by atoms with van der Waals surface area (Å²) >= 11 is 0. The topological polar surface area (TPSA) is 54.3 Å². The lowest BCUT2D eigenvalue weighted by Gasteiger charge is -2.26. The van der Waals surface area contributed by atoms with Crippen LogP contribution < -0.4 is 0 Å². The highest BCUT2D eigenvalue weighted by Gasteiger charge is 2.25. The molecule has 0 spiro atoms. The summed E-state index contributed by atoms with van der Waals surface area (Å²) in [6, 6.07) is 9.54. The fourth-order valence-corrected chi connectivity index (χ4v) is 3.78. The molecule has 1 saturated heterocycles. The molecule has 2 aliphatic rings. The second-order valence-corrected chi connectivity index (χ2v) is 6.99. The largest absolute Gasteiger partial charge is 0.333 e. The van der Waals surface area contributed by atoms with Crippen molar-refractivity contribution in [3.8, 4) is 0 Å². The first-order chi connectivity index (χ1) is 12.3. The average Bonchev–Trinajstić information content (AvgIpc) is 2.90. The minimum atomic E-state index is 0.0965. The van der Waals surface area contributed by atoms with Crippen molar-refractivity contribution in [2.24, 2.45) is 0 Å². The van der Waals surface area contributed by atoms with Gasteiger partial charge in [-0.05, 0) is 44.5 Å². The third-order valence-corrected chi connectivity index (χ3v) is 5.19. The Kier molecular flexibility index (Phi) is 4.78. The summed E-state index contributed by atoms with van der Waals surface area (Å²) in [5.74, 6) is 0.0965. The maximum absolute atomic E-state index is 12.9. The number of fused-ring (bicyclic) bond motifs is 1. The van der Waals surface area contributed by atoms with Crippen molar-refractivity contribution >= 4 is 5.91 Å². The van der Waals surface area contributed by atoms with Gasteiger partial charge in [-0.25, -0.2) is 4.68 Å². The zero-order valence-electron chi connectivity index (χ0n) is 14.6. The Labute approximate surface area is 148 Å². The van der Waals surface area contributed by atoms with E-state index in [0.717, 1.165) is 56.1 Å². The van der Waals surface area contributed by atoms with Crippen LogP contribution >= 0.6 is 0 Å². The van der Waals surface area contributed by atoms with Gasteiger partial charge < -0.3 is 4.90 Å². The Hall–Kier alpha value is -2.21. The molecule has 1 amide bonds. The zero-order valence-corrected chi connectivity index (χ0v) is 14.6. The molecule has 132 valence electrons. The van der Waals surface area contributed by atoms with E-state index in [9.17, 15) is 4.79 Å². The molecular formula is C19H25N5O. The van der Waals surface area contributed by atoms with Crippen LogP contribution in [0.5, 0.6) is 0 Å². The molecule has 2 aromatic rings. The van der Waals surface area contributed by atoms with E-state index in [4.69, 9.17) is 0 Å². The van der Waals surface area contributed by atoms with Gasteiger partial charge in [0.2, 0.25) is 0 Å². The van der Waals surface area contributed by atoms with Crippen molar-refractivity contribution in [3.63, 3.8) is 0 Å². The van der Waals surface area contributed by atoms with Crippen molar-refractivity contribution < 1.29 is 4.79 Å². The summed E-state index contributed by atoms with van der Waals surface area (Å²) in [4.78, 5) is 17.3. The first kappa shape index (κ1) is 16.3. The lowest BCUT2D eigenvalue weighted by Crippen LogP contribution is -2.32. The number of nitrogens with zero attached hydrogens (tertiary/aromatic N) is 5. The fourth-order valence-electron chi connectivity index (χ4n) is 3.78. The van der Waals surface area contributed by atoms with Gasteiger partial charge in [0.15, 0.2) is 0 Å². The predicted octanol–water partition coefficient (Wildman–Crippen LogP) is 2.31. The van der Waals surface area contributed by atoms with Gasteiger partial charge in [0.05, 0.1) is 12.2 Å². The summed E-state index contributed by atoms with van der Waals surface area (Å²) < 4.78 is 2.00. The van der Waals surface area contributed by atoms with Crippen molar-refractivity contribution in [1.82, 2.24) is 24.8 Å². The number of rotatable bonds is 3. The van der Waals surface area contributed by atoms with E-state index in [1.807, 2.05) is 39.9 Å². The highest BCUT2D eigenvalue weighted by Crippen LogP contribution is 2.19. The second kappa shape index (κ2) is 7.35. The van der Waals surface area contributed by atoms with Crippen molar-refractivity contribution in [2.75, 3.05) is 19.6 Å². The van der Waals surface area contributed by atoms with Crippen LogP contribution in [0.1, 0.15) is 47.4 Å². The average molecular weight is 339 g/mol. The Morgan fingerprint density at radius 3 is 2.56 bits per heavy atom. The molecule has 3 heterocycles. The summed E-state index contributed by atoms with van der Waals surface area (Å²) in [6.45, 7) is 5.33. The summed E-state index contributed by atoms with van der Waals surface area (Å²) in [7, 11) is 0. The molecule has 0 aliphatic carbocycles. The van der Waals surface area contributed by atoms with E-state index >= 15 is 0 Å². The molecule has 1 aromatic heterocycles. The molecule has 6 heteroatoms. The Balaban J connectivity index is 1.53. The summed E-state index contributed by atoms with van der Waals surface area (Å²) in [5.41, 5.74) is 2.89. The molecule has 0 saturated carbocycles. The fraction of sp³-hybridized carbons (Fsp3) is 0.526. The Morgan fingerprint density at radius 2 is 1.76 bits per heavy atom. The first-order valence-electron chi connectivity index (χ1n) is 9.29. The number of hydrogen-bond acceptors (Lipinski definition) is 4. The summed E-state index contributed by atoms with van der Waals surface area (Å²) in [5, 5.41) is 8.78. The molecule has 1 aromatic carbocycles. The van der Waals surface area contributed by atoms with E-state index in [1.165, 1.54) is 19.3 Å². The molecule has 4 rings (SSSR count). The van der Waals surface area contributed by atoms with Gasteiger partial charge in [-0.3, -0.25) is 9.69 Å². The lowest BCUT2D eigenvalue weighted by molar-refractivity contribution is 0.0745. The van der Waals surface area contributed by atoms with Crippen LogP contribution in [0.3, 0.4) is 0 Å². The van der Waals surface area contributed by atoms with Gasteiger partial charge in [-0.1, -0.05) is 29.8 Å². The first-order valence-corrected chi connectivity index (χ1v) is 9.29. The summed E-state index contributed by atoms with van der Waals surface area (Å²) in [6.07, 6.45) is 4.78. The molecule has 6 nitrogen and oxygen atoms in total. The number of piperidine rings is 1. The number of amides is 1. The standard InChI is InChI=1S/C19H25N5O/c25-19(16-8-3-1-4-9-16)23-12-7-13-24-18(15-23)17(20-21-24)14-22-10-5-2-6-11-22/h1,3-4,8-9H,2,5-7,10-15H2. The van der Waals surface area contributed by atoms with Gasteiger partial charge in [0, 0.05) is 25.2 Å². The molecule has 0 bridgehead atoms. The van der Waals surface area contributed by atoms with Gasteiger partial charge in [0.25, 0.3) is 5.91 Å². The molecule has 0 radical (unpaired) electrons. The maximum atomic E-state index is 12.9. The van der Waals surface area contributed by atoms with Crippen LogP contribution in [0.15, 0.2) is 30.3 Å². The number of benzene rings is 1. The molecule has 25 heavy (non-hydrogen) atoms. The van der Waals surface area contributed by atoms with Gasteiger partial charge in [-0.15, -0.1) is 5.10 Å². The lowest BCUT2D eigenvalue weighted by atomic mass is 10.1. The number of aryl methyl sites for hydroxylation is 1. The molecule has 2 aliphatic heterocycles. The molecular weight excluding hydrogens is 314 g/mol. The minimum Gasteiger partial charge on any atom is -0.333 e. The van der Waals surface area contributed by atoms with Crippen LogP contribution in [-0.2, 0) is 19.6 Å². The normalized spacial score (nSPS) is 18.6. The zero-order chi connectivity index (χ0) is 17.1. The van der Waals surface area contributed by atoms with E-state index in [0.29, 0.717) is 6.54 Å². The van der Waals surface area contributed by atoms with E-state index in [1.54, 1.807) is 0 Å². The van der Waals surface area contributed by atoms with Crippen molar-refractivity contribution in [1.29, 1.82) is 0 Å². The maximum Gasteiger partial charge on any atom is 0.254 e. The van der Waals surface area contributed by atoms with Crippen LogP contribution in [-0.4, -0.2) is 50.3 Å². The van der Waals surface area contributed by atoms with Crippen LogP contribution in [0.4, 0.5) is 0 Å². The third-order valence-electron chi connectivity index (χ3n) is 5.19. The van der Waals surface area contributed by atoms with E-state index < -0.39 is 0 Å². The smallest absolute Gasteiger partial charge is 0.254 e. The molecule has 0 atom stereocenters. The monoisotopic (exact) mass is 339 g/mol. The highest BCUT2D eigenvalue weighted by atomic mass is 16.2. The van der Waals surface area contributed by atoms with Gasteiger partial charge >= 0.3 is 0 Å². The second-order valence-electron chi connectivity index (χ2n) is 6.99. The third kappa shape index (κ3) is 3.58. The van der Waals surface area contributed by atoms with Crippen LogP contribution in [0.2, 0.25) is 0 Å². The number of carbonyl (C=O) groups is 1. The van der Waals surface area contributed by atoms with Gasteiger partial charge in [0.1, 0.15) is 5.69 Å². The van der Waals surface area contributed by atoms with E-state index in [2.05, 4.69) is 15.2 Å². The predicted molar refractivity (Wildman–Crippen MR) is 94.9 cm³/mol. The highest BCUT2D eigenvalue weighted by molar-refractivity contribution is 5.94. The minimum absolute atomic E-state index is 0.0965. The van der Waals surface area contributed by atoms with Crippen LogP contribution in [0.25, 0.3) is 0 Å². The Bertz CT molecular complexity index is 721. The number of aromatic nitrogens is 3. The number of carbonyl (C=O) groups excluding carboxylic acids is 1. The van der Waals surface area contributed by atoms with Gasteiger partial charge in [-0.2, -0.15) is 0 Å². The Morgan fingerprint density at radius 1 is 0.960 bits per heavy atom. The molecule has 0 unspecified atom stereocenters. The molecule has 0 N–H and O–H groups in total. The van der Waals surface area contributed by atoms with Crippen molar-refractivity contribution in [3.05, 3.63) is 47.3 Å². The number of hydrogen-bond donors (Lipinski definition) is 0. The molecule has 1 fully saturated rings. The van der Waals surface area contributed by atoms with Crippen molar-refractivity contribution in [2.45, 2.75) is 45.3 Å². The van der Waals surface area contributed by atoms with Crippen LogP contribution in [0, 0.1) is 0 Å².